The molecule has 1 N–H and O–H groups in total. The largest absolute Gasteiger partial charge is 0.497 e. The quantitative estimate of drug-likeness (QED) is 0.725. The fourth-order valence-electron chi connectivity index (χ4n) is 3.09. The Morgan fingerprint density at radius 2 is 1.63 bits per heavy atom. The van der Waals surface area contributed by atoms with Gasteiger partial charge in [-0.15, -0.1) is 0 Å². The van der Waals surface area contributed by atoms with E-state index in [4.69, 9.17) is 9.47 Å². The normalized spacial score (nSPS) is 15.3. The molecule has 0 bridgehead atoms. The number of nitrogens with one attached hydrogen (secondary N) is 1. The second-order valence-electron chi connectivity index (χ2n) is 6.51. The summed E-state index contributed by atoms with van der Waals surface area (Å²) < 4.78 is 37.0. The number of ether oxygens (including phenoxy) is 2. The third-order valence-corrected chi connectivity index (χ3v) is 6.46. The van der Waals surface area contributed by atoms with E-state index in [1.54, 1.807) is 48.5 Å². The predicted octanol–water partition coefficient (Wildman–Crippen LogP) is 2.64. The van der Waals surface area contributed by atoms with E-state index in [0.717, 1.165) is 0 Å². The molecule has 9 heteroatoms. The zero-order valence-corrected chi connectivity index (χ0v) is 17.7. The number of sulfonamides is 1. The molecule has 2 aromatic carbocycles. The molecule has 0 saturated heterocycles. The smallest absolute Gasteiger partial charge is 0.268 e. The molecule has 2 aromatic rings. The highest BCUT2D eigenvalue weighted by atomic mass is 32.2. The first kappa shape index (κ1) is 21.4. The first-order valence-corrected chi connectivity index (χ1v) is 10.7. The lowest BCUT2D eigenvalue weighted by atomic mass is 10.1. The van der Waals surface area contributed by atoms with Crippen molar-refractivity contribution in [1.82, 2.24) is 4.31 Å². The maximum atomic E-state index is 13.0. The van der Waals surface area contributed by atoms with Crippen LogP contribution in [0.15, 0.2) is 54.1 Å². The standard InChI is InChI=1S/C21H22N2O6S/c1-4-29-18-11-7-16(8-12-18)22-19(24)13-23-21(25)14(2)20(30(23,26)27)15-5-9-17(28-3)10-6-15/h5-12H,4,13H2,1-3H3,(H,22,24). The van der Waals surface area contributed by atoms with Gasteiger partial charge in [0.15, 0.2) is 0 Å². The summed E-state index contributed by atoms with van der Waals surface area (Å²) in [5.74, 6) is -0.135. The Morgan fingerprint density at radius 1 is 1.03 bits per heavy atom. The number of hydrogen-bond acceptors (Lipinski definition) is 6. The minimum Gasteiger partial charge on any atom is -0.497 e. The van der Waals surface area contributed by atoms with E-state index in [0.29, 0.717) is 33.7 Å². The third kappa shape index (κ3) is 4.16. The molecule has 1 heterocycles. The Labute approximate surface area is 175 Å². The van der Waals surface area contributed by atoms with Crippen LogP contribution in [0.4, 0.5) is 5.69 Å². The Bertz CT molecular complexity index is 1090. The molecule has 0 saturated carbocycles. The van der Waals surface area contributed by atoms with E-state index in [2.05, 4.69) is 5.32 Å². The van der Waals surface area contributed by atoms with Crippen molar-refractivity contribution >= 4 is 32.4 Å². The van der Waals surface area contributed by atoms with Crippen LogP contribution < -0.4 is 14.8 Å². The van der Waals surface area contributed by atoms with Crippen molar-refractivity contribution in [3.63, 3.8) is 0 Å². The summed E-state index contributed by atoms with van der Waals surface area (Å²) in [7, 11) is -2.66. The van der Waals surface area contributed by atoms with Crippen LogP contribution in [0.25, 0.3) is 4.91 Å². The van der Waals surface area contributed by atoms with Gasteiger partial charge < -0.3 is 14.8 Å². The van der Waals surface area contributed by atoms with Gasteiger partial charge in [0.1, 0.15) is 22.9 Å². The summed E-state index contributed by atoms with van der Waals surface area (Å²) in [4.78, 5) is 24.9. The van der Waals surface area contributed by atoms with Gasteiger partial charge in [0, 0.05) is 11.3 Å². The Kier molecular flexibility index (Phi) is 6.12. The SMILES string of the molecule is CCOc1ccc(NC(=O)CN2C(=O)C(C)=C(c3ccc(OC)cc3)S2(=O)=O)cc1. The van der Waals surface area contributed by atoms with E-state index in [-0.39, 0.29) is 10.5 Å². The molecule has 158 valence electrons. The predicted molar refractivity (Wildman–Crippen MR) is 112 cm³/mol. The molecule has 0 radical (unpaired) electrons. The molecule has 3 rings (SSSR count). The number of anilines is 1. The van der Waals surface area contributed by atoms with Crippen LogP contribution >= 0.6 is 0 Å². The van der Waals surface area contributed by atoms with Gasteiger partial charge in [0.2, 0.25) is 5.91 Å². The van der Waals surface area contributed by atoms with E-state index < -0.39 is 28.4 Å². The molecular weight excluding hydrogens is 408 g/mol. The fraction of sp³-hybridized carbons (Fsp3) is 0.238. The van der Waals surface area contributed by atoms with Gasteiger partial charge in [-0.2, -0.15) is 0 Å². The second kappa shape index (κ2) is 8.58. The summed E-state index contributed by atoms with van der Waals surface area (Å²) in [5.41, 5.74) is 0.887. The molecule has 0 fully saturated rings. The van der Waals surface area contributed by atoms with Crippen LogP contribution in [-0.2, 0) is 19.6 Å². The van der Waals surface area contributed by atoms with Gasteiger partial charge in [-0.1, -0.05) is 0 Å². The van der Waals surface area contributed by atoms with E-state index in [9.17, 15) is 18.0 Å². The van der Waals surface area contributed by atoms with Gasteiger partial charge in [-0.3, -0.25) is 9.59 Å². The van der Waals surface area contributed by atoms with Gasteiger partial charge >= 0.3 is 0 Å². The van der Waals surface area contributed by atoms with Crippen LogP contribution in [0.3, 0.4) is 0 Å². The topological polar surface area (TPSA) is 102 Å². The number of rotatable bonds is 7. The van der Waals surface area contributed by atoms with Crippen LogP contribution in [0.2, 0.25) is 0 Å². The molecular formula is C21H22N2O6S. The number of carbonyl (C=O) groups is 2. The number of methoxy groups -OCH3 is 1. The van der Waals surface area contributed by atoms with Crippen LogP contribution in [0.5, 0.6) is 11.5 Å². The highest BCUT2D eigenvalue weighted by molar-refractivity contribution is 7.99. The molecule has 0 atom stereocenters. The van der Waals surface area contributed by atoms with Crippen molar-refractivity contribution in [2.24, 2.45) is 0 Å². The minimum atomic E-state index is -4.16. The van der Waals surface area contributed by atoms with Gasteiger partial charge in [-0.05, 0) is 67.9 Å². The molecule has 0 spiro atoms. The van der Waals surface area contributed by atoms with Gasteiger partial charge in [-0.25, -0.2) is 12.7 Å². The molecule has 0 unspecified atom stereocenters. The molecule has 8 nitrogen and oxygen atoms in total. The highest BCUT2D eigenvalue weighted by Gasteiger charge is 2.43. The van der Waals surface area contributed by atoms with E-state index >= 15 is 0 Å². The lowest BCUT2D eigenvalue weighted by molar-refractivity contribution is -0.126. The van der Waals surface area contributed by atoms with Gasteiger partial charge in [0.25, 0.3) is 15.9 Å². The molecule has 2 amide bonds. The highest BCUT2D eigenvalue weighted by Crippen LogP contribution is 2.35. The molecule has 0 aromatic heterocycles. The zero-order valence-electron chi connectivity index (χ0n) is 16.8. The van der Waals surface area contributed by atoms with E-state index in [1.807, 2.05) is 6.92 Å². The second-order valence-corrected chi connectivity index (χ2v) is 8.30. The maximum absolute atomic E-state index is 13.0. The van der Waals surface area contributed by atoms with E-state index in [1.165, 1.54) is 14.0 Å². The van der Waals surface area contributed by atoms with Crippen molar-refractivity contribution in [3.8, 4) is 11.5 Å². The Balaban J connectivity index is 1.76. The maximum Gasteiger partial charge on any atom is 0.268 e. The Morgan fingerprint density at radius 3 is 2.20 bits per heavy atom. The first-order valence-electron chi connectivity index (χ1n) is 9.23. The molecule has 30 heavy (non-hydrogen) atoms. The van der Waals surface area contributed by atoms with Crippen molar-refractivity contribution in [3.05, 3.63) is 59.7 Å². The fourth-order valence-corrected chi connectivity index (χ4v) is 4.86. The zero-order chi connectivity index (χ0) is 21.9. The minimum absolute atomic E-state index is 0.0639. The van der Waals surface area contributed by atoms with Crippen LogP contribution in [0, 0.1) is 0 Å². The number of amides is 2. The number of benzene rings is 2. The summed E-state index contributed by atoms with van der Waals surface area (Å²) in [6, 6.07) is 13.0. The average Bonchev–Trinajstić information content (AvgIpc) is 2.89. The third-order valence-electron chi connectivity index (χ3n) is 4.52. The molecule has 1 aliphatic heterocycles. The lowest BCUT2D eigenvalue weighted by Crippen LogP contribution is -2.38. The van der Waals surface area contributed by atoms with Crippen LogP contribution in [-0.4, -0.2) is 44.8 Å². The number of carbonyl (C=O) groups excluding carboxylic acids is 2. The summed E-state index contributed by atoms with van der Waals surface area (Å²) in [6.07, 6.45) is 0. The van der Waals surface area contributed by atoms with Crippen LogP contribution in [0.1, 0.15) is 19.4 Å². The summed E-state index contributed by atoms with van der Waals surface area (Å²) in [5, 5.41) is 2.59. The molecule has 1 aliphatic rings. The summed E-state index contributed by atoms with van der Waals surface area (Å²) >= 11 is 0. The monoisotopic (exact) mass is 430 g/mol. The van der Waals surface area contributed by atoms with Crippen molar-refractivity contribution < 1.29 is 27.5 Å². The van der Waals surface area contributed by atoms with Crippen molar-refractivity contribution in [2.75, 3.05) is 25.6 Å². The molecule has 0 aliphatic carbocycles. The average molecular weight is 430 g/mol. The first-order chi connectivity index (χ1) is 14.3. The number of nitrogens with zero attached hydrogens (tertiary/aromatic N) is 1. The summed E-state index contributed by atoms with van der Waals surface area (Å²) in [6.45, 7) is 3.19. The van der Waals surface area contributed by atoms with Gasteiger partial charge in [0.05, 0.1) is 13.7 Å². The number of hydrogen-bond donors (Lipinski definition) is 1. The Hall–Kier alpha value is -3.33. The van der Waals surface area contributed by atoms with Crippen molar-refractivity contribution in [1.29, 1.82) is 0 Å². The van der Waals surface area contributed by atoms with Crippen molar-refractivity contribution in [2.45, 2.75) is 13.8 Å². The lowest BCUT2D eigenvalue weighted by Gasteiger charge is -2.16.